The third-order valence-corrected chi connectivity index (χ3v) is 8.52. The molecule has 2 N–H and O–H groups in total. The van der Waals surface area contributed by atoms with Crippen LogP contribution in [0, 0.1) is 11.2 Å². The Kier molecular flexibility index (Phi) is 9.69. The first-order valence-corrected chi connectivity index (χ1v) is 14.7. The van der Waals surface area contributed by atoms with Gasteiger partial charge in [0.25, 0.3) is 5.91 Å². The van der Waals surface area contributed by atoms with Crippen molar-refractivity contribution in [2.75, 3.05) is 64.2 Å². The minimum atomic E-state index is -0.431. The molecule has 41 heavy (non-hydrogen) atoms. The van der Waals surface area contributed by atoms with E-state index < -0.39 is 5.82 Å². The molecular weight excluding hydrogens is 527 g/mol. The van der Waals surface area contributed by atoms with Crippen LogP contribution in [-0.4, -0.2) is 103 Å². The third-order valence-electron chi connectivity index (χ3n) is 8.52. The first kappa shape index (κ1) is 29.6. The molecule has 2 atom stereocenters. The maximum atomic E-state index is 13.6. The van der Waals surface area contributed by atoms with Crippen LogP contribution in [0.5, 0.6) is 5.75 Å². The number of amides is 1. The zero-order valence-electron chi connectivity index (χ0n) is 24.2. The fraction of sp³-hybridized carbons (Fsp3) is 0.633. The van der Waals surface area contributed by atoms with Gasteiger partial charge in [-0.3, -0.25) is 4.79 Å². The van der Waals surface area contributed by atoms with Crippen LogP contribution in [-0.2, 0) is 9.47 Å². The van der Waals surface area contributed by atoms with Gasteiger partial charge in [-0.2, -0.15) is 0 Å². The lowest BCUT2D eigenvalue weighted by atomic mass is 9.72. The van der Waals surface area contributed by atoms with E-state index in [-0.39, 0.29) is 31.4 Å². The molecule has 2 aromatic rings. The number of carbonyl (C=O) groups excluding carboxylic acids is 1. The molecule has 1 spiro atoms. The summed E-state index contributed by atoms with van der Waals surface area (Å²) >= 11 is 0. The Bertz CT molecular complexity index is 1150. The molecule has 1 amide bonds. The van der Waals surface area contributed by atoms with Crippen LogP contribution in [0.1, 0.15) is 49.9 Å². The summed E-state index contributed by atoms with van der Waals surface area (Å²) in [6.45, 7) is 10.3. The highest BCUT2D eigenvalue weighted by Crippen LogP contribution is 2.44. The highest BCUT2D eigenvalue weighted by molar-refractivity contribution is 5.94. The molecule has 0 saturated carbocycles. The van der Waals surface area contributed by atoms with Crippen molar-refractivity contribution in [3.05, 3.63) is 48.2 Å². The molecule has 4 heterocycles. The molecule has 5 rings (SSSR count). The van der Waals surface area contributed by atoms with Crippen molar-refractivity contribution in [3.8, 4) is 5.75 Å². The van der Waals surface area contributed by atoms with Gasteiger partial charge in [-0.25, -0.2) is 14.4 Å². The van der Waals surface area contributed by atoms with Crippen LogP contribution in [0.3, 0.4) is 0 Å². The van der Waals surface area contributed by atoms with Gasteiger partial charge in [-0.1, -0.05) is 6.07 Å². The van der Waals surface area contributed by atoms with E-state index in [1.807, 2.05) is 13.8 Å². The molecule has 3 aliphatic rings. The van der Waals surface area contributed by atoms with Crippen molar-refractivity contribution in [2.24, 2.45) is 11.1 Å². The minimum Gasteiger partial charge on any atom is -0.462 e. The molecule has 10 nitrogen and oxygen atoms in total. The van der Waals surface area contributed by atoms with Crippen molar-refractivity contribution in [2.45, 2.75) is 57.7 Å². The number of aromatic nitrogens is 2. The molecule has 0 unspecified atom stereocenters. The van der Waals surface area contributed by atoms with E-state index >= 15 is 0 Å². The zero-order valence-corrected chi connectivity index (χ0v) is 24.2. The maximum Gasteiger partial charge on any atom is 0.254 e. The van der Waals surface area contributed by atoms with Gasteiger partial charge in [0.1, 0.15) is 12.1 Å². The number of carbonyl (C=O) groups is 1. The molecule has 11 heteroatoms. The highest BCUT2D eigenvalue weighted by atomic mass is 19.1. The molecule has 1 aromatic heterocycles. The van der Waals surface area contributed by atoms with Crippen molar-refractivity contribution in [1.82, 2.24) is 19.8 Å². The van der Waals surface area contributed by atoms with E-state index in [1.165, 1.54) is 31.0 Å². The van der Waals surface area contributed by atoms with E-state index in [0.717, 1.165) is 51.4 Å². The number of piperidine rings is 1. The molecule has 3 saturated heterocycles. The molecule has 224 valence electrons. The average Bonchev–Trinajstić information content (AvgIpc) is 2.95. The van der Waals surface area contributed by atoms with Gasteiger partial charge in [-0.05, 0) is 70.8 Å². The average molecular weight is 571 g/mol. The summed E-state index contributed by atoms with van der Waals surface area (Å²) in [6, 6.07) is 5.87. The van der Waals surface area contributed by atoms with Crippen molar-refractivity contribution >= 4 is 11.7 Å². The standard InChI is InChI=1S/C30H43FN6O4/c1-22(2)37(29(38)23-4-3-5-24(31)14-23)12-13-39-21-41-27-15-33-20-34-28(27)36-18-30(19-36)8-10-35(11-9-30)16-26-7-6-25(32)17-40-26/h3-5,14-15,20,22,25-26H,6-13,16-19,21,32H2,1-2H3/t25-,26+/m1/s1. The van der Waals surface area contributed by atoms with Crippen LogP contribution in [0.4, 0.5) is 10.2 Å². The zero-order chi connectivity index (χ0) is 28.8. The Balaban J connectivity index is 1.05. The number of likely N-dealkylation sites (tertiary alicyclic amines) is 1. The van der Waals surface area contributed by atoms with Crippen molar-refractivity contribution in [1.29, 1.82) is 0 Å². The Labute approximate surface area is 241 Å². The summed E-state index contributed by atoms with van der Waals surface area (Å²) in [6.07, 6.45) is 7.97. The van der Waals surface area contributed by atoms with Gasteiger partial charge < -0.3 is 34.6 Å². The molecule has 0 aliphatic carbocycles. The molecule has 3 aliphatic heterocycles. The second kappa shape index (κ2) is 13.4. The minimum absolute atomic E-state index is 0.0164. The van der Waals surface area contributed by atoms with E-state index in [9.17, 15) is 9.18 Å². The first-order chi connectivity index (χ1) is 19.8. The van der Waals surface area contributed by atoms with Gasteiger partial charge in [-0.15, -0.1) is 0 Å². The predicted octanol–water partition coefficient (Wildman–Crippen LogP) is 2.93. The number of nitrogens with zero attached hydrogens (tertiary/aromatic N) is 5. The van der Waals surface area contributed by atoms with Crippen LogP contribution in [0.25, 0.3) is 0 Å². The Hall–Kier alpha value is -2.86. The van der Waals surface area contributed by atoms with Crippen LogP contribution >= 0.6 is 0 Å². The topological polar surface area (TPSA) is 106 Å². The number of hydrogen-bond acceptors (Lipinski definition) is 9. The third kappa shape index (κ3) is 7.51. The summed E-state index contributed by atoms with van der Waals surface area (Å²) in [5.41, 5.74) is 6.61. The summed E-state index contributed by atoms with van der Waals surface area (Å²) < 4.78 is 31.2. The van der Waals surface area contributed by atoms with Crippen molar-refractivity contribution in [3.63, 3.8) is 0 Å². The highest BCUT2D eigenvalue weighted by Gasteiger charge is 2.46. The smallest absolute Gasteiger partial charge is 0.254 e. The van der Waals surface area contributed by atoms with Gasteiger partial charge in [0, 0.05) is 49.2 Å². The summed E-state index contributed by atoms with van der Waals surface area (Å²) in [4.78, 5) is 28.0. The normalized spacial score (nSPS) is 22.5. The van der Waals surface area contributed by atoms with Crippen LogP contribution < -0.4 is 15.4 Å². The van der Waals surface area contributed by atoms with Gasteiger partial charge in [0.2, 0.25) is 0 Å². The van der Waals surface area contributed by atoms with Crippen LogP contribution in [0.15, 0.2) is 36.8 Å². The number of hydrogen-bond donors (Lipinski definition) is 1. The molecular formula is C30H43FN6O4. The van der Waals surface area contributed by atoms with E-state index in [4.69, 9.17) is 19.9 Å². The Morgan fingerprint density at radius 2 is 2.07 bits per heavy atom. The van der Waals surface area contributed by atoms with Gasteiger partial charge in [0.05, 0.1) is 25.5 Å². The lowest BCUT2D eigenvalue weighted by molar-refractivity contribution is -0.0278. The molecule has 0 radical (unpaired) electrons. The summed E-state index contributed by atoms with van der Waals surface area (Å²) in [7, 11) is 0. The fourth-order valence-corrected chi connectivity index (χ4v) is 6.06. The summed E-state index contributed by atoms with van der Waals surface area (Å²) in [5, 5.41) is 0. The maximum absolute atomic E-state index is 13.6. The largest absolute Gasteiger partial charge is 0.462 e. The quantitative estimate of drug-likeness (QED) is 0.322. The number of halogens is 1. The Morgan fingerprint density at radius 1 is 1.27 bits per heavy atom. The molecule has 1 aromatic carbocycles. The lowest BCUT2D eigenvalue weighted by Gasteiger charge is -2.54. The number of anilines is 1. The monoisotopic (exact) mass is 570 g/mol. The fourth-order valence-electron chi connectivity index (χ4n) is 6.06. The Morgan fingerprint density at radius 3 is 2.78 bits per heavy atom. The van der Waals surface area contributed by atoms with E-state index in [0.29, 0.717) is 36.0 Å². The molecule has 3 fully saturated rings. The summed E-state index contributed by atoms with van der Waals surface area (Å²) in [5.74, 6) is 0.712. The SMILES string of the molecule is CC(C)N(CCOCOc1cncnc1N1CC2(CCN(C[C@@H]3CC[C@@H](N)CO3)CC2)C1)C(=O)c1cccc(F)c1. The second-order valence-electron chi connectivity index (χ2n) is 11.9. The van der Waals surface area contributed by atoms with Gasteiger partial charge >= 0.3 is 0 Å². The van der Waals surface area contributed by atoms with Gasteiger partial charge in [0.15, 0.2) is 18.4 Å². The molecule has 0 bridgehead atoms. The van der Waals surface area contributed by atoms with Crippen LogP contribution in [0.2, 0.25) is 0 Å². The number of rotatable bonds is 11. The predicted molar refractivity (Wildman–Crippen MR) is 153 cm³/mol. The first-order valence-electron chi connectivity index (χ1n) is 14.7. The number of benzene rings is 1. The number of ether oxygens (including phenoxy) is 3. The van der Waals surface area contributed by atoms with E-state index in [1.54, 1.807) is 23.5 Å². The van der Waals surface area contributed by atoms with E-state index in [2.05, 4.69) is 19.8 Å². The number of nitrogens with two attached hydrogens (primary N) is 1. The lowest BCUT2D eigenvalue weighted by Crippen LogP contribution is -2.61. The van der Waals surface area contributed by atoms with Crippen molar-refractivity contribution < 1.29 is 23.4 Å². The second-order valence-corrected chi connectivity index (χ2v) is 11.9.